The van der Waals surface area contributed by atoms with E-state index < -0.39 is 0 Å². The molecule has 1 atom stereocenters. The van der Waals surface area contributed by atoms with E-state index in [9.17, 15) is 4.39 Å². The van der Waals surface area contributed by atoms with Crippen LogP contribution in [-0.4, -0.2) is 6.54 Å². The lowest BCUT2D eigenvalue weighted by atomic mass is 10.0. The molecule has 1 nitrogen and oxygen atoms in total. The lowest BCUT2D eigenvalue weighted by Gasteiger charge is -2.16. The zero-order chi connectivity index (χ0) is 9.68. The van der Waals surface area contributed by atoms with Gasteiger partial charge in [0.25, 0.3) is 0 Å². The lowest BCUT2D eigenvalue weighted by molar-refractivity contribution is 0.501. The number of hydrogen-bond acceptors (Lipinski definition) is 1. The first-order valence-corrected chi connectivity index (χ1v) is 4.77. The van der Waals surface area contributed by atoms with Crippen LogP contribution in [0.25, 0.3) is 0 Å². The smallest absolute Gasteiger partial charge is 0.127 e. The van der Waals surface area contributed by atoms with Gasteiger partial charge in [0.05, 0.1) is 0 Å². The molecule has 1 aromatic carbocycles. The van der Waals surface area contributed by atoms with Gasteiger partial charge in [0.15, 0.2) is 0 Å². The second kappa shape index (κ2) is 4.97. The van der Waals surface area contributed by atoms with E-state index in [1.165, 1.54) is 6.07 Å². The van der Waals surface area contributed by atoms with Gasteiger partial charge in [-0.1, -0.05) is 32.0 Å². The Kier molecular flexibility index (Phi) is 3.90. The van der Waals surface area contributed by atoms with E-state index in [-0.39, 0.29) is 11.9 Å². The van der Waals surface area contributed by atoms with Gasteiger partial charge in [-0.2, -0.15) is 0 Å². The summed E-state index contributed by atoms with van der Waals surface area (Å²) in [4.78, 5) is 0. The first-order valence-electron chi connectivity index (χ1n) is 4.77. The third-order valence-corrected chi connectivity index (χ3v) is 2.14. The van der Waals surface area contributed by atoms with Crippen LogP contribution >= 0.6 is 0 Å². The van der Waals surface area contributed by atoms with Gasteiger partial charge in [-0.3, -0.25) is 0 Å². The van der Waals surface area contributed by atoms with E-state index >= 15 is 0 Å². The Balaban J connectivity index is 2.84. The Morgan fingerprint density at radius 3 is 2.54 bits per heavy atom. The normalized spacial score (nSPS) is 12.8. The van der Waals surface area contributed by atoms with Gasteiger partial charge in [0, 0.05) is 11.6 Å². The zero-order valence-electron chi connectivity index (χ0n) is 8.18. The van der Waals surface area contributed by atoms with Gasteiger partial charge in [-0.25, -0.2) is 4.39 Å². The molecule has 0 bridgehead atoms. The molecule has 1 aromatic rings. The van der Waals surface area contributed by atoms with Crippen LogP contribution in [0.1, 0.15) is 31.9 Å². The maximum atomic E-state index is 13.3. The highest BCUT2D eigenvalue weighted by Crippen LogP contribution is 2.19. The summed E-state index contributed by atoms with van der Waals surface area (Å²) in [6.07, 6.45) is 0.911. The molecule has 0 spiro atoms. The molecule has 13 heavy (non-hydrogen) atoms. The highest BCUT2D eigenvalue weighted by atomic mass is 19.1. The maximum absolute atomic E-state index is 13.3. The first kappa shape index (κ1) is 10.2. The molecule has 0 saturated heterocycles. The van der Waals surface area contributed by atoms with Crippen molar-refractivity contribution in [2.75, 3.05) is 6.54 Å². The fourth-order valence-electron chi connectivity index (χ4n) is 1.48. The monoisotopic (exact) mass is 181 g/mol. The van der Waals surface area contributed by atoms with Crippen LogP contribution in [0.5, 0.6) is 0 Å². The predicted octanol–water partition coefficient (Wildman–Crippen LogP) is 2.89. The van der Waals surface area contributed by atoms with E-state index in [2.05, 4.69) is 12.2 Å². The molecule has 1 unspecified atom stereocenters. The van der Waals surface area contributed by atoms with Gasteiger partial charge in [-0.05, 0) is 19.0 Å². The van der Waals surface area contributed by atoms with Crippen molar-refractivity contribution in [2.24, 2.45) is 0 Å². The lowest BCUT2D eigenvalue weighted by Crippen LogP contribution is -2.20. The summed E-state index contributed by atoms with van der Waals surface area (Å²) in [5.74, 6) is -0.115. The number of hydrogen-bond donors (Lipinski definition) is 1. The maximum Gasteiger partial charge on any atom is 0.127 e. The number of benzene rings is 1. The average Bonchev–Trinajstić information content (AvgIpc) is 2.16. The highest BCUT2D eigenvalue weighted by molar-refractivity contribution is 5.20. The van der Waals surface area contributed by atoms with Crippen LogP contribution in [0, 0.1) is 5.82 Å². The highest BCUT2D eigenvalue weighted by Gasteiger charge is 2.10. The van der Waals surface area contributed by atoms with Gasteiger partial charge < -0.3 is 5.32 Å². The van der Waals surface area contributed by atoms with Crippen LogP contribution < -0.4 is 5.32 Å². The molecule has 0 amide bonds. The van der Waals surface area contributed by atoms with Gasteiger partial charge in [-0.15, -0.1) is 0 Å². The summed E-state index contributed by atoms with van der Waals surface area (Å²) in [5, 5.41) is 3.25. The van der Waals surface area contributed by atoms with E-state index in [4.69, 9.17) is 0 Å². The molecule has 1 rings (SSSR count). The van der Waals surface area contributed by atoms with Crippen molar-refractivity contribution in [2.45, 2.75) is 26.3 Å². The molecule has 0 aromatic heterocycles. The first-order chi connectivity index (χ1) is 6.29. The Bertz CT molecular complexity index is 260. The summed E-state index contributed by atoms with van der Waals surface area (Å²) in [6, 6.07) is 7.09. The van der Waals surface area contributed by atoms with Crippen molar-refractivity contribution in [1.82, 2.24) is 5.32 Å². The van der Waals surface area contributed by atoms with Crippen molar-refractivity contribution < 1.29 is 4.39 Å². The molecule has 2 heteroatoms. The summed E-state index contributed by atoms with van der Waals surface area (Å²) in [5.41, 5.74) is 0.770. The average molecular weight is 181 g/mol. The predicted molar refractivity (Wildman–Crippen MR) is 53.1 cm³/mol. The van der Waals surface area contributed by atoms with Crippen molar-refractivity contribution >= 4 is 0 Å². The topological polar surface area (TPSA) is 12.0 Å². The third kappa shape index (κ3) is 2.52. The summed E-state index contributed by atoms with van der Waals surface area (Å²) in [7, 11) is 0. The van der Waals surface area contributed by atoms with Crippen molar-refractivity contribution in [3.8, 4) is 0 Å². The van der Waals surface area contributed by atoms with Gasteiger partial charge in [0.2, 0.25) is 0 Å². The van der Waals surface area contributed by atoms with Gasteiger partial charge in [0.1, 0.15) is 5.82 Å². The van der Waals surface area contributed by atoms with Crippen LogP contribution in [0.2, 0.25) is 0 Å². The molecule has 0 heterocycles. The third-order valence-electron chi connectivity index (χ3n) is 2.14. The Labute approximate surface area is 79.0 Å². The molecule has 0 aliphatic carbocycles. The molecule has 0 aliphatic heterocycles. The minimum absolute atomic E-state index is 0.115. The van der Waals surface area contributed by atoms with Crippen LogP contribution in [0.15, 0.2) is 24.3 Å². The van der Waals surface area contributed by atoms with Crippen LogP contribution in [-0.2, 0) is 0 Å². The minimum atomic E-state index is -0.115. The molecule has 1 N–H and O–H groups in total. The molecular formula is C11H16FN. The summed E-state index contributed by atoms with van der Waals surface area (Å²) >= 11 is 0. The second-order valence-corrected chi connectivity index (χ2v) is 3.04. The van der Waals surface area contributed by atoms with E-state index in [0.29, 0.717) is 0 Å². The van der Waals surface area contributed by atoms with E-state index in [0.717, 1.165) is 18.5 Å². The van der Waals surface area contributed by atoms with Crippen molar-refractivity contribution in [3.05, 3.63) is 35.6 Å². The standard InChI is InChI=1S/C11H16FN/c1-3-11(13-4-2)9-7-5-6-8-10(9)12/h5-8,11,13H,3-4H2,1-2H3. The quantitative estimate of drug-likeness (QED) is 0.753. The van der Waals surface area contributed by atoms with Gasteiger partial charge >= 0.3 is 0 Å². The second-order valence-electron chi connectivity index (χ2n) is 3.04. The molecule has 0 saturated carbocycles. The van der Waals surface area contributed by atoms with Crippen LogP contribution in [0.3, 0.4) is 0 Å². The molecule has 0 radical (unpaired) electrons. The van der Waals surface area contributed by atoms with Crippen LogP contribution in [0.4, 0.5) is 4.39 Å². The SMILES string of the molecule is CCNC(CC)c1ccccc1F. The fraction of sp³-hybridized carbons (Fsp3) is 0.455. The molecule has 72 valence electrons. The Morgan fingerprint density at radius 2 is 2.00 bits per heavy atom. The summed E-state index contributed by atoms with van der Waals surface area (Å²) < 4.78 is 13.3. The Hall–Kier alpha value is -0.890. The zero-order valence-corrected chi connectivity index (χ0v) is 8.18. The Morgan fingerprint density at radius 1 is 1.31 bits per heavy atom. The number of nitrogens with one attached hydrogen (secondary N) is 1. The molecular weight excluding hydrogens is 165 g/mol. The van der Waals surface area contributed by atoms with Crippen molar-refractivity contribution in [1.29, 1.82) is 0 Å². The minimum Gasteiger partial charge on any atom is -0.310 e. The number of halogens is 1. The fourth-order valence-corrected chi connectivity index (χ4v) is 1.48. The van der Waals surface area contributed by atoms with E-state index in [1.807, 2.05) is 19.1 Å². The summed E-state index contributed by atoms with van der Waals surface area (Å²) in [6.45, 7) is 4.95. The molecule has 0 fully saturated rings. The van der Waals surface area contributed by atoms with E-state index in [1.54, 1.807) is 6.07 Å². The largest absolute Gasteiger partial charge is 0.310 e. The number of rotatable bonds is 4. The van der Waals surface area contributed by atoms with Crippen molar-refractivity contribution in [3.63, 3.8) is 0 Å². The molecule has 0 aliphatic rings.